The molecule has 1 aromatic carbocycles. The van der Waals surface area contributed by atoms with E-state index in [1.807, 2.05) is 0 Å². The van der Waals surface area contributed by atoms with Crippen LogP contribution in [-0.4, -0.2) is 0 Å². The van der Waals surface area contributed by atoms with E-state index in [4.69, 9.17) is 0 Å². The molecule has 1 aromatic rings. The van der Waals surface area contributed by atoms with Crippen molar-refractivity contribution in [2.45, 2.75) is 62.3 Å². The first kappa shape index (κ1) is 15.2. The number of benzene rings is 1. The molecule has 0 spiro atoms. The number of rotatable bonds is 2. The zero-order valence-corrected chi connectivity index (χ0v) is 11.3. The van der Waals surface area contributed by atoms with Gasteiger partial charge in [0, 0.05) is 0 Å². The summed E-state index contributed by atoms with van der Waals surface area (Å²) in [5, 5.41) is 0. The van der Waals surface area contributed by atoms with Crippen molar-refractivity contribution in [1.82, 2.24) is 0 Å². The summed E-state index contributed by atoms with van der Waals surface area (Å²) >= 11 is 0. The molecule has 0 fully saturated rings. The van der Waals surface area contributed by atoms with Crippen LogP contribution in [0.5, 0.6) is 0 Å². The molecule has 0 saturated heterocycles. The molecule has 0 atom stereocenters. The molecule has 0 nitrogen and oxygen atoms in total. The van der Waals surface area contributed by atoms with Crippen LogP contribution in [0.15, 0.2) is 0 Å². The quantitative estimate of drug-likeness (QED) is 0.653. The summed E-state index contributed by atoms with van der Waals surface area (Å²) in [6.07, 6.45) is 1.21. The molecule has 0 saturated carbocycles. The molecule has 0 aliphatic rings. The second-order valence-electron chi connectivity index (χ2n) is 5.20. The zero-order valence-electron chi connectivity index (χ0n) is 11.3. The molecule has 16 heavy (non-hydrogen) atoms. The van der Waals surface area contributed by atoms with E-state index in [0.29, 0.717) is 0 Å². The molecule has 0 unspecified atom stereocenters. The first-order valence-corrected chi connectivity index (χ1v) is 5.92. The lowest BCUT2D eigenvalue weighted by molar-refractivity contribution is 0.641. The highest BCUT2D eigenvalue weighted by atomic mass is 14.2. The van der Waals surface area contributed by atoms with Crippen molar-refractivity contribution < 1.29 is 0 Å². The van der Waals surface area contributed by atoms with Gasteiger partial charge in [-0.15, -0.1) is 0 Å². The Balaban J connectivity index is 0.00000225. The fourth-order valence-electron chi connectivity index (χ4n) is 2.29. The standard InChI is InChI=1S/C15H24.CH4/c1-9(2)8-15-13(6)11(4)10(3)12(5)14(15)7;/h9H,8H2,1-7H3;1H4. The van der Waals surface area contributed by atoms with Gasteiger partial charge in [0.15, 0.2) is 0 Å². The predicted molar refractivity (Wildman–Crippen MR) is 75.4 cm³/mol. The van der Waals surface area contributed by atoms with Gasteiger partial charge in [-0.1, -0.05) is 21.3 Å². The molecule has 0 aliphatic heterocycles. The molecule has 0 N–H and O–H groups in total. The Morgan fingerprint density at radius 2 is 1.00 bits per heavy atom. The van der Waals surface area contributed by atoms with Crippen LogP contribution in [0.25, 0.3) is 0 Å². The smallest absolute Gasteiger partial charge is 0.0250 e. The highest BCUT2D eigenvalue weighted by molar-refractivity contribution is 5.49. The molecule has 0 aromatic heterocycles. The van der Waals surface area contributed by atoms with Crippen LogP contribution in [-0.2, 0) is 6.42 Å². The van der Waals surface area contributed by atoms with E-state index in [2.05, 4.69) is 48.5 Å². The Kier molecular flexibility index (Phi) is 5.25. The molecule has 0 heterocycles. The van der Waals surface area contributed by atoms with Gasteiger partial charge in [0.25, 0.3) is 0 Å². The predicted octanol–water partition coefficient (Wildman–Crippen LogP) is 5.06. The van der Waals surface area contributed by atoms with E-state index in [1.165, 1.54) is 34.2 Å². The van der Waals surface area contributed by atoms with Gasteiger partial charge in [-0.05, 0) is 80.3 Å². The topological polar surface area (TPSA) is 0 Å². The third-order valence-electron chi connectivity index (χ3n) is 3.77. The lowest BCUT2D eigenvalue weighted by Gasteiger charge is -2.19. The minimum atomic E-state index is 0. The maximum Gasteiger partial charge on any atom is -0.0250 e. The summed E-state index contributed by atoms with van der Waals surface area (Å²) in [4.78, 5) is 0. The highest BCUT2D eigenvalue weighted by Gasteiger charge is 2.12. The van der Waals surface area contributed by atoms with Crippen LogP contribution in [0.2, 0.25) is 0 Å². The molecule has 1 rings (SSSR count). The van der Waals surface area contributed by atoms with Crippen molar-refractivity contribution in [3.63, 3.8) is 0 Å². The lowest BCUT2D eigenvalue weighted by Crippen LogP contribution is -2.05. The second-order valence-corrected chi connectivity index (χ2v) is 5.20. The minimum Gasteiger partial charge on any atom is -0.0776 e. The maximum atomic E-state index is 2.30. The van der Waals surface area contributed by atoms with Gasteiger partial charge >= 0.3 is 0 Å². The third-order valence-corrected chi connectivity index (χ3v) is 3.77. The normalized spacial score (nSPS) is 10.5. The van der Waals surface area contributed by atoms with Crippen LogP contribution < -0.4 is 0 Å². The van der Waals surface area contributed by atoms with E-state index in [9.17, 15) is 0 Å². The summed E-state index contributed by atoms with van der Waals surface area (Å²) in [6, 6.07) is 0. The fourth-order valence-corrected chi connectivity index (χ4v) is 2.29. The van der Waals surface area contributed by atoms with Crippen LogP contribution in [0, 0.1) is 40.5 Å². The Hall–Kier alpha value is -0.780. The van der Waals surface area contributed by atoms with E-state index in [1.54, 1.807) is 5.56 Å². The second kappa shape index (κ2) is 5.52. The highest BCUT2D eigenvalue weighted by Crippen LogP contribution is 2.27. The molecule has 0 bridgehead atoms. The Labute approximate surface area is 102 Å². The average Bonchev–Trinajstić information content (AvgIpc) is 2.18. The van der Waals surface area contributed by atoms with Gasteiger partial charge in [0.05, 0.1) is 0 Å². The van der Waals surface area contributed by atoms with Gasteiger partial charge in [0.1, 0.15) is 0 Å². The van der Waals surface area contributed by atoms with Crippen molar-refractivity contribution in [3.05, 3.63) is 33.4 Å². The monoisotopic (exact) mass is 220 g/mol. The number of hydrogen-bond donors (Lipinski definition) is 0. The summed E-state index contributed by atoms with van der Waals surface area (Å²) in [6.45, 7) is 15.9. The van der Waals surface area contributed by atoms with Crippen LogP contribution in [0.1, 0.15) is 54.7 Å². The Bertz CT molecular complexity index is 341. The first-order chi connectivity index (χ1) is 6.86. The fraction of sp³-hybridized carbons (Fsp3) is 0.625. The maximum absolute atomic E-state index is 2.30. The molecular formula is C16H28. The molecule has 0 heteroatoms. The summed E-state index contributed by atoms with van der Waals surface area (Å²) in [5.74, 6) is 0.740. The number of hydrogen-bond acceptors (Lipinski definition) is 0. The minimum absolute atomic E-state index is 0. The van der Waals surface area contributed by atoms with Gasteiger partial charge in [-0.3, -0.25) is 0 Å². The molecule has 0 radical (unpaired) electrons. The van der Waals surface area contributed by atoms with Gasteiger partial charge in [0.2, 0.25) is 0 Å². The van der Waals surface area contributed by atoms with Crippen LogP contribution in [0.4, 0.5) is 0 Å². The average molecular weight is 220 g/mol. The van der Waals surface area contributed by atoms with Crippen LogP contribution >= 0.6 is 0 Å². The van der Waals surface area contributed by atoms with Crippen molar-refractivity contribution in [1.29, 1.82) is 0 Å². The molecule has 0 amide bonds. The molecule has 0 aliphatic carbocycles. The molecule has 92 valence electrons. The van der Waals surface area contributed by atoms with E-state index in [-0.39, 0.29) is 7.43 Å². The SMILES string of the molecule is C.Cc1c(C)c(C)c(CC(C)C)c(C)c1C. The van der Waals surface area contributed by atoms with Crippen molar-refractivity contribution in [2.75, 3.05) is 0 Å². The first-order valence-electron chi connectivity index (χ1n) is 5.92. The third kappa shape index (κ3) is 2.66. The van der Waals surface area contributed by atoms with Crippen molar-refractivity contribution in [3.8, 4) is 0 Å². The van der Waals surface area contributed by atoms with Gasteiger partial charge < -0.3 is 0 Å². The van der Waals surface area contributed by atoms with E-state index < -0.39 is 0 Å². The summed E-state index contributed by atoms with van der Waals surface area (Å²) < 4.78 is 0. The van der Waals surface area contributed by atoms with Gasteiger partial charge in [-0.25, -0.2) is 0 Å². The van der Waals surface area contributed by atoms with Gasteiger partial charge in [-0.2, -0.15) is 0 Å². The zero-order chi connectivity index (χ0) is 11.7. The molecular weight excluding hydrogens is 192 g/mol. The van der Waals surface area contributed by atoms with Crippen LogP contribution in [0.3, 0.4) is 0 Å². The van der Waals surface area contributed by atoms with Crippen molar-refractivity contribution >= 4 is 0 Å². The lowest BCUT2D eigenvalue weighted by atomic mass is 9.86. The Morgan fingerprint density at radius 1 is 0.688 bits per heavy atom. The summed E-state index contributed by atoms with van der Waals surface area (Å²) in [5.41, 5.74) is 9.01. The largest absolute Gasteiger partial charge is 0.0776 e. The van der Waals surface area contributed by atoms with E-state index >= 15 is 0 Å². The van der Waals surface area contributed by atoms with Crippen molar-refractivity contribution in [2.24, 2.45) is 5.92 Å². The Morgan fingerprint density at radius 3 is 1.31 bits per heavy atom. The van der Waals surface area contributed by atoms with E-state index in [0.717, 1.165) is 5.92 Å². The summed E-state index contributed by atoms with van der Waals surface area (Å²) in [7, 11) is 0.